The maximum absolute atomic E-state index is 13.7. The predicted molar refractivity (Wildman–Crippen MR) is 132 cm³/mol. The van der Waals surface area contributed by atoms with Crippen LogP contribution in [0.1, 0.15) is 19.4 Å². The van der Waals surface area contributed by atoms with Crippen LogP contribution >= 0.6 is 0 Å². The van der Waals surface area contributed by atoms with Crippen molar-refractivity contribution in [2.45, 2.75) is 24.2 Å². The molecule has 8 nitrogen and oxygen atoms in total. The molecule has 3 aliphatic heterocycles. The van der Waals surface area contributed by atoms with E-state index in [0.717, 1.165) is 23.3 Å². The van der Waals surface area contributed by atoms with Crippen LogP contribution in [0.4, 0.5) is 0 Å². The maximum Gasteiger partial charge on any atom is 0.243 e. The zero-order valence-corrected chi connectivity index (χ0v) is 20.9. The van der Waals surface area contributed by atoms with E-state index in [9.17, 15) is 13.2 Å². The number of benzene rings is 2. The molecule has 0 radical (unpaired) electrons. The quantitative estimate of drug-likeness (QED) is 0.590. The number of ether oxygens (including phenoxy) is 2. The minimum atomic E-state index is -3.69. The predicted octanol–water partition coefficient (Wildman–Crippen LogP) is 2.17. The van der Waals surface area contributed by atoms with Crippen molar-refractivity contribution < 1.29 is 22.7 Å². The van der Waals surface area contributed by atoms with Crippen molar-refractivity contribution in [1.82, 2.24) is 14.5 Å². The highest BCUT2D eigenvalue weighted by Gasteiger charge is 2.43. The summed E-state index contributed by atoms with van der Waals surface area (Å²) in [6, 6.07) is 14.6. The molecule has 3 heterocycles. The van der Waals surface area contributed by atoms with Gasteiger partial charge in [-0.15, -0.1) is 0 Å². The summed E-state index contributed by atoms with van der Waals surface area (Å²) < 4.78 is 39.2. The molecule has 0 aromatic heterocycles. The summed E-state index contributed by atoms with van der Waals surface area (Å²) in [4.78, 5) is 15.8. The Labute approximate surface area is 206 Å². The number of nitrogens with one attached hydrogen (secondary N) is 1. The van der Waals surface area contributed by atoms with Crippen LogP contribution in [0, 0.1) is 0 Å². The van der Waals surface area contributed by atoms with E-state index in [1.807, 2.05) is 49.1 Å². The summed E-state index contributed by atoms with van der Waals surface area (Å²) in [5, 5.41) is 3.34. The summed E-state index contributed by atoms with van der Waals surface area (Å²) in [6.45, 7) is 7.68. The molecule has 9 heteroatoms. The van der Waals surface area contributed by atoms with Crippen LogP contribution in [0.3, 0.4) is 0 Å². The van der Waals surface area contributed by atoms with Gasteiger partial charge in [0.05, 0.1) is 10.3 Å². The molecule has 2 aromatic rings. The lowest BCUT2D eigenvalue weighted by Crippen LogP contribution is -2.50. The Morgan fingerprint density at radius 2 is 1.63 bits per heavy atom. The molecule has 5 rings (SSSR count). The minimum Gasteiger partial charge on any atom is -0.486 e. The first-order valence-corrected chi connectivity index (χ1v) is 13.4. The van der Waals surface area contributed by atoms with Gasteiger partial charge in [-0.3, -0.25) is 4.79 Å². The number of carbonyl (C=O) groups is 1. The fraction of sp³-hybridized carbons (Fsp3) is 0.423. The monoisotopic (exact) mass is 497 g/mol. The number of rotatable bonds is 7. The third-order valence-corrected chi connectivity index (χ3v) is 8.84. The van der Waals surface area contributed by atoms with Crippen LogP contribution < -0.4 is 14.8 Å². The molecular weight excluding hydrogens is 466 g/mol. The van der Waals surface area contributed by atoms with Crippen molar-refractivity contribution in [3.05, 3.63) is 65.2 Å². The first kappa shape index (κ1) is 23.8. The fourth-order valence-corrected chi connectivity index (χ4v) is 6.47. The third kappa shape index (κ3) is 4.32. The number of nitrogens with zero attached hydrogens (tertiary/aromatic N) is 2. The first-order chi connectivity index (χ1) is 16.8. The highest BCUT2D eigenvalue weighted by atomic mass is 32.2. The van der Waals surface area contributed by atoms with Gasteiger partial charge in [-0.25, -0.2) is 8.42 Å². The molecule has 1 N–H and O–H groups in total. The molecular formula is C26H31N3O5S. The van der Waals surface area contributed by atoms with Crippen LogP contribution in [0.15, 0.2) is 64.6 Å². The minimum absolute atomic E-state index is 0.0558. The Balaban J connectivity index is 1.29. The summed E-state index contributed by atoms with van der Waals surface area (Å²) in [7, 11) is -3.69. The van der Waals surface area contributed by atoms with Gasteiger partial charge < -0.3 is 19.7 Å². The van der Waals surface area contributed by atoms with Crippen molar-refractivity contribution in [2.75, 3.05) is 52.5 Å². The van der Waals surface area contributed by atoms with Gasteiger partial charge in [-0.05, 0) is 42.3 Å². The Bertz CT molecular complexity index is 1240. The number of hydrogen-bond acceptors (Lipinski definition) is 6. The second kappa shape index (κ2) is 9.29. The molecule has 3 aliphatic rings. The molecule has 35 heavy (non-hydrogen) atoms. The maximum atomic E-state index is 13.7. The lowest BCUT2D eigenvalue weighted by atomic mass is 9.80. The molecule has 2 aromatic carbocycles. The van der Waals surface area contributed by atoms with E-state index in [4.69, 9.17) is 9.47 Å². The molecule has 1 unspecified atom stereocenters. The molecule has 0 saturated heterocycles. The van der Waals surface area contributed by atoms with Gasteiger partial charge >= 0.3 is 0 Å². The lowest BCUT2D eigenvalue weighted by molar-refractivity contribution is -0.135. The number of amides is 1. The standard InChI is InChI=1S/C26H31N3O5S/c1-3-27-18-26(2,21-7-5-4-6-8-21)25(30)28-14-19-16-29(17-20(19)15-28)35(31,32)22-9-10-23-24(13-22)34-12-11-33-23/h4-10,13,27H,3,11-12,14-18H2,1-2H3. The number of fused-ring (bicyclic) bond motifs is 1. The van der Waals surface area contributed by atoms with E-state index in [1.54, 1.807) is 12.1 Å². The zero-order chi connectivity index (χ0) is 24.6. The van der Waals surface area contributed by atoms with Gasteiger partial charge in [0, 0.05) is 38.8 Å². The normalized spacial score (nSPS) is 19.5. The first-order valence-electron chi connectivity index (χ1n) is 12.0. The van der Waals surface area contributed by atoms with Gasteiger partial charge in [0.2, 0.25) is 15.9 Å². The number of likely N-dealkylation sites (N-methyl/N-ethyl adjacent to an activating group) is 1. The second-order valence-electron chi connectivity index (χ2n) is 9.43. The molecule has 0 saturated carbocycles. The topological polar surface area (TPSA) is 88.2 Å². The Morgan fingerprint density at radius 1 is 0.971 bits per heavy atom. The average Bonchev–Trinajstić information content (AvgIpc) is 3.47. The van der Waals surface area contributed by atoms with Crippen molar-refractivity contribution in [1.29, 1.82) is 0 Å². The van der Waals surface area contributed by atoms with Crippen LogP contribution in [0.5, 0.6) is 11.5 Å². The van der Waals surface area contributed by atoms with E-state index in [2.05, 4.69) is 5.32 Å². The van der Waals surface area contributed by atoms with Crippen molar-refractivity contribution in [3.8, 4) is 11.5 Å². The van der Waals surface area contributed by atoms with Crippen molar-refractivity contribution in [2.24, 2.45) is 0 Å². The van der Waals surface area contributed by atoms with Gasteiger partial charge in [-0.1, -0.05) is 37.3 Å². The molecule has 0 spiro atoms. The van der Waals surface area contributed by atoms with E-state index < -0.39 is 15.4 Å². The van der Waals surface area contributed by atoms with Gasteiger partial charge in [0.25, 0.3) is 0 Å². The molecule has 186 valence electrons. The van der Waals surface area contributed by atoms with E-state index in [-0.39, 0.29) is 10.8 Å². The molecule has 0 aliphatic carbocycles. The Morgan fingerprint density at radius 3 is 2.29 bits per heavy atom. The fourth-order valence-electron chi connectivity index (χ4n) is 5.02. The zero-order valence-electron chi connectivity index (χ0n) is 20.1. The summed E-state index contributed by atoms with van der Waals surface area (Å²) in [6.07, 6.45) is 0. The summed E-state index contributed by atoms with van der Waals surface area (Å²) in [5.74, 6) is 1.07. The lowest BCUT2D eigenvalue weighted by Gasteiger charge is -2.34. The van der Waals surface area contributed by atoms with Gasteiger partial charge in [0.1, 0.15) is 13.2 Å². The Kier molecular flexibility index (Phi) is 6.33. The number of hydrogen-bond donors (Lipinski definition) is 1. The second-order valence-corrected chi connectivity index (χ2v) is 11.4. The Hall–Kier alpha value is -2.88. The largest absolute Gasteiger partial charge is 0.486 e. The average molecular weight is 498 g/mol. The van der Waals surface area contributed by atoms with E-state index in [1.165, 1.54) is 10.4 Å². The van der Waals surface area contributed by atoms with Crippen LogP contribution in [-0.2, 0) is 20.2 Å². The van der Waals surface area contributed by atoms with E-state index in [0.29, 0.717) is 57.4 Å². The molecule has 1 amide bonds. The molecule has 0 bridgehead atoms. The number of carbonyl (C=O) groups excluding carboxylic acids is 1. The molecule has 1 atom stereocenters. The third-order valence-electron chi connectivity index (χ3n) is 7.05. The van der Waals surface area contributed by atoms with Crippen molar-refractivity contribution in [3.63, 3.8) is 0 Å². The highest BCUT2D eigenvalue weighted by molar-refractivity contribution is 7.89. The van der Waals surface area contributed by atoms with Gasteiger partial charge in [0.15, 0.2) is 11.5 Å². The SMILES string of the molecule is CCNCC(C)(C(=O)N1CC2=C(C1)CN(S(=O)(=O)c1ccc3c(c1)OCCO3)C2)c1ccccc1. The summed E-state index contributed by atoms with van der Waals surface area (Å²) in [5.41, 5.74) is 2.30. The van der Waals surface area contributed by atoms with Crippen LogP contribution in [0.25, 0.3) is 0 Å². The summed E-state index contributed by atoms with van der Waals surface area (Å²) >= 11 is 0. The van der Waals surface area contributed by atoms with Crippen LogP contribution in [-0.4, -0.2) is 76.0 Å². The van der Waals surface area contributed by atoms with E-state index >= 15 is 0 Å². The molecule has 0 fully saturated rings. The van der Waals surface area contributed by atoms with Gasteiger partial charge in [-0.2, -0.15) is 4.31 Å². The smallest absolute Gasteiger partial charge is 0.243 e. The van der Waals surface area contributed by atoms with Crippen LogP contribution in [0.2, 0.25) is 0 Å². The number of sulfonamides is 1. The van der Waals surface area contributed by atoms with Crippen molar-refractivity contribution >= 4 is 15.9 Å². The highest BCUT2D eigenvalue weighted by Crippen LogP contribution is 2.36.